The van der Waals surface area contributed by atoms with Crippen LogP contribution in [0, 0.1) is 11.8 Å². The highest BCUT2D eigenvalue weighted by Gasteiger charge is 2.39. The summed E-state index contributed by atoms with van der Waals surface area (Å²) in [4.78, 5) is 52.0. The molecule has 0 spiro atoms. The van der Waals surface area contributed by atoms with Crippen LogP contribution in [-0.4, -0.2) is 68.7 Å². The lowest BCUT2D eigenvalue weighted by Gasteiger charge is -2.29. The van der Waals surface area contributed by atoms with Crippen molar-refractivity contribution >= 4 is 30.0 Å². The second-order valence-electron chi connectivity index (χ2n) is 7.96. The summed E-state index contributed by atoms with van der Waals surface area (Å²) in [6.45, 7) is 0.257. The van der Waals surface area contributed by atoms with Crippen molar-refractivity contribution in [3.05, 3.63) is 23.9 Å². The van der Waals surface area contributed by atoms with Crippen molar-refractivity contribution in [2.45, 2.75) is 44.6 Å². The highest BCUT2D eigenvalue weighted by molar-refractivity contribution is 5.98. The summed E-state index contributed by atoms with van der Waals surface area (Å²) in [5.74, 6) is -2.23. The summed E-state index contributed by atoms with van der Waals surface area (Å²) < 4.78 is 0. The molecule has 2 atom stereocenters. The van der Waals surface area contributed by atoms with Crippen molar-refractivity contribution in [2.75, 3.05) is 18.4 Å². The fraction of sp³-hybridized carbons (Fsp3) is 0.550. The number of anilines is 1. The molecular formula is C20H27N5O6. The van der Waals surface area contributed by atoms with Crippen LogP contribution in [-0.2, 0) is 14.4 Å². The fourth-order valence-corrected chi connectivity index (χ4v) is 4.25. The molecule has 11 nitrogen and oxygen atoms in total. The second-order valence-corrected chi connectivity index (χ2v) is 7.96. The third-order valence-electron chi connectivity index (χ3n) is 5.78. The summed E-state index contributed by atoms with van der Waals surface area (Å²) in [5.41, 5.74) is 2.90. The molecule has 31 heavy (non-hydrogen) atoms. The zero-order valence-electron chi connectivity index (χ0n) is 17.1. The molecule has 1 aromatic rings. The van der Waals surface area contributed by atoms with Crippen LogP contribution >= 0.6 is 0 Å². The van der Waals surface area contributed by atoms with E-state index in [1.807, 2.05) is 0 Å². The maximum absolute atomic E-state index is 13.2. The van der Waals surface area contributed by atoms with Gasteiger partial charge in [0, 0.05) is 12.7 Å². The molecule has 1 aliphatic heterocycles. The number of pyridine rings is 1. The Bertz CT molecular complexity index is 828. The minimum absolute atomic E-state index is 0.0173. The van der Waals surface area contributed by atoms with E-state index >= 15 is 0 Å². The molecule has 2 fully saturated rings. The highest BCUT2D eigenvalue weighted by Crippen LogP contribution is 2.31. The number of aromatic nitrogens is 1. The topological polar surface area (TPSA) is 152 Å². The SMILES string of the molecule is O=CN(O)CC(CC1CCCC1)C(=O)N1NCCC1C(=O)Nc1cc(C(=O)O)ccn1. The van der Waals surface area contributed by atoms with E-state index in [1.165, 1.54) is 23.3 Å². The van der Waals surface area contributed by atoms with E-state index in [2.05, 4.69) is 15.7 Å². The van der Waals surface area contributed by atoms with Crippen LogP contribution in [0.4, 0.5) is 5.82 Å². The van der Waals surface area contributed by atoms with Crippen molar-refractivity contribution in [1.82, 2.24) is 20.5 Å². The van der Waals surface area contributed by atoms with Crippen molar-refractivity contribution in [3.8, 4) is 0 Å². The molecule has 4 N–H and O–H groups in total. The lowest BCUT2D eigenvalue weighted by Crippen LogP contribution is -2.51. The maximum atomic E-state index is 13.2. The molecule has 1 aromatic heterocycles. The smallest absolute Gasteiger partial charge is 0.335 e. The van der Waals surface area contributed by atoms with Gasteiger partial charge in [0.05, 0.1) is 18.0 Å². The van der Waals surface area contributed by atoms with Crippen molar-refractivity contribution in [1.29, 1.82) is 0 Å². The molecule has 2 aliphatic rings. The van der Waals surface area contributed by atoms with Gasteiger partial charge in [0.15, 0.2) is 0 Å². The number of carboxylic acid groups (broad SMARTS) is 1. The van der Waals surface area contributed by atoms with Crippen molar-refractivity contribution < 1.29 is 29.5 Å². The zero-order valence-corrected chi connectivity index (χ0v) is 17.1. The van der Waals surface area contributed by atoms with Crippen LogP contribution in [0.25, 0.3) is 0 Å². The van der Waals surface area contributed by atoms with E-state index in [4.69, 9.17) is 5.11 Å². The fourth-order valence-electron chi connectivity index (χ4n) is 4.25. The van der Waals surface area contributed by atoms with Crippen molar-refractivity contribution in [3.63, 3.8) is 0 Å². The Labute approximate surface area is 179 Å². The Morgan fingerprint density at radius 1 is 1.32 bits per heavy atom. The molecule has 3 rings (SSSR count). The molecule has 11 heteroatoms. The van der Waals surface area contributed by atoms with Gasteiger partial charge in [-0.15, -0.1) is 0 Å². The van der Waals surface area contributed by atoms with E-state index in [1.54, 1.807) is 0 Å². The molecule has 2 heterocycles. The van der Waals surface area contributed by atoms with E-state index in [-0.39, 0.29) is 30.2 Å². The van der Waals surface area contributed by atoms with Gasteiger partial charge in [0.25, 0.3) is 0 Å². The molecule has 2 unspecified atom stereocenters. The zero-order chi connectivity index (χ0) is 22.4. The largest absolute Gasteiger partial charge is 0.478 e. The first-order valence-corrected chi connectivity index (χ1v) is 10.4. The monoisotopic (exact) mass is 433 g/mol. The predicted molar refractivity (Wildman–Crippen MR) is 108 cm³/mol. The first-order chi connectivity index (χ1) is 14.9. The highest BCUT2D eigenvalue weighted by atomic mass is 16.5. The molecule has 0 aromatic carbocycles. The Kier molecular flexibility index (Phi) is 7.53. The van der Waals surface area contributed by atoms with Crippen LogP contribution in [0.1, 0.15) is 48.9 Å². The number of carbonyl (C=O) groups excluding carboxylic acids is 3. The van der Waals surface area contributed by atoms with E-state index < -0.39 is 23.8 Å². The van der Waals surface area contributed by atoms with Gasteiger partial charge in [-0.1, -0.05) is 25.7 Å². The Balaban J connectivity index is 1.70. The number of nitrogens with one attached hydrogen (secondary N) is 2. The van der Waals surface area contributed by atoms with Crippen LogP contribution in [0.15, 0.2) is 18.3 Å². The van der Waals surface area contributed by atoms with Gasteiger partial charge in [0.2, 0.25) is 18.2 Å². The molecule has 0 bridgehead atoms. The van der Waals surface area contributed by atoms with Gasteiger partial charge < -0.3 is 10.4 Å². The van der Waals surface area contributed by atoms with Gasteiger partial charge in [-0.25, -0.2) is 20.3 Å². The molecule has 1 saturated carbocycles. The number of aromatic carboxylic acids is 1. The van der Waals surface area contributed by atoms with Gasteiger partial charge in [-0.2, -0.15) is 0 Å². The number of carbonyl (C=O) groups is 4. The average molecular weight is 433 g/mol. The number of carboxylic acids is 1. The third kappa shape index (κ3) is 5.76. The van der Waals surface area contributed by atoms with Crippen LogP contribution < -0.4 is 10.7 Å². The van der Waals surface area contributed by atoms with Crippen LogP contribution in [0.5, 0.6) is 0 Å². The number of hydrogen-bond acceptors (Lipinski definition) is 7. The Morgan fingerprint density at radius 3 is 2.74 bits per heavy atom. The minimum Gasteiger partial charge on any atom is -0.478 e. The molecular weight excluding hydrogens is 406 g/mol. The Morgan fingerprint density at radius 2 is 2.06 bits per heavy atom. The summed E-state index contributed by atoms with van der Waals surface area (Å²) in [6.07, 6.45) is 6.62. The predicted octanol–water partition coefficient (Wildman–Crippen LogP) is 0.868. The van der Waals surface area contributed by atoms with Crippen molar-refractivity contribution in [2.24, 2.45) is 11.8 Å². The minimum atomic E-state index is -1.14. The van der Waals surface area contributed by atoms with Crippen LogP contribution in [0.3, 0.4) is 0 Å². The van der Waals surface area contributed by atoms with E-state index in [0.717, 1.165) is 25.7 Å². The van der Waals surface area contributed by atoms with E-state index in [9.17, 15) is 24.4 Å². The second kappa shape index (κ2) is 10.3. The quantitative estimate of drug-likeness (QED) is 0.254. The lowest BCUT2D eigenvalue weighted by atomic mass is 9.92. The Hall–Kier alpha value is -3.05. The normalized spacial score (nSPS) is 19.8. The number of hydroxylamine groups is 2. The number of hydrogen-bond donors (Lipinski definition) is 4. The van der Waals surface area contributed by atoms with Gasteiger partial charge in [-0.05, 0) is 30.9 Å². The molecule has 168 valence electrons. The number of hydrazine groups is 1. The third-order valence-corrected chi connectivity index (χ3v) is 5.78. The van der Waals surface area contributed by atoms with E-state index in [0.29, 0.717) is 30.4 Å². The summed E-state index contributed by atoms with van der Waals surface area (Å²) in [7, 11) is 0. The summed E-state index contributed by atoms with van der Waals surface area (Å²) >= 11 is 0. The van der Waals surface area contributed by atoms with Gasteiger partial charge in [0.1, 0.15) is 11.9 Å². The van der Waals surface area contributed by atoms with Crippen LogP contribution in [0.2, 0.25) is 0 Å². The lowest BCUT2D eigenvalue weighted by molar-refractivity contribution is -0.159. The number of amides is 3. The molecule has 1 saturated heterocycles. The molecule has 1 aliphatic carbocycles. The first-order valence-electron chi connectivity index (χ1n) is 10.4. The maximum Gasteiger partial charge on any atom is 0.335 e. The molecule has 3 amide bonds. The summed E-state index contributed by atoms with van der Waals surface area (Å²) in [5, 5.41) is 23.0. The van der Waals surface area contributed by atoms with Gasteiger partial charge in [-0.3, -0.25) is 24.6 Å². The van der Waals surface area contributed by atoms with Gasteiger partial charge >= 0.3 is 5.97 Å². The number of rotatable bonds is 9. The first kappa shape index (κ1) is 22.6. The standard InChI is InChI=1S/C20H27N5O6/c26-12-24(31)11-15(9-13-3-1-2-4-13)19(28)25-16(6-8-22-25)18(27)23-17-10-14(20(29)30)5-7-21-17/h5,7,10,12-13,15-16,22,31H,1-4,6,8-9,11H2,(H,29,30)(H,21,23,27). The summed E-state index contributed by atoms with van der Waals surface area (Å²) in [6, 6.07) is 1.73. The average Bonchev–Trinajstić information content (AvgIpc) is 3.45. The number of nitrogens with zero attached hydrogens (tertiary/aromatic N) is 3. The molecule has 0 radical (unpaired) electrons.